The smallest absolute Gasteiger partial charge is 0.0544 e. The number of nitrogens with zero attached hydrogens (tertiary/aromatic N) is 2. The molecule has 1 aromatic rings. The van der Waals surface area contributed by atoms with Crippen LogP contribution in [-0.2, 0) is 6.54 Å². The zero-order chi connectivity index (χ0) is 11.4. The maximum atomic E-state index is 4.45. The summed E-state index contributed by atoms with van der Waals surface area (Å²) in [5.41, 5.74) is 1.18. The average Bonchev–Trinajstić information content (AvgIpc) is 2.82. The first-order chi connectivity index (χ1) is 7.79. The summed E-state index contributed by atoms with van der Waals surface area (Å²) in [4.78, 5) is 7.01. The largest absolute Gasteiger partial charge is 0.295 e. The van der Waals surface area contributed by atoms with E-state index in [1.807, 2.05) is 6.20 Å². The van der Waals surface area contributed by atoms with E-state index in [1.165, 1.54) is 31.4 Å². The first-order valence-corrected chi connectivity index (χ1v) is 6.93. The van der Waals surface area contributed by atoms with Gasteiger partial charge in [0.2, 0.25) is 0 Å². The molecule has 0 spiro atoms. The maximum absolute atomic E-state index is 4.45. The van der Waals surface area contributed by atoms with Crippen molar-refractivity contribution in [3.63, 3.8) is 0 Å². The highest BCUT2D eigenvalue weighted by atomic mass is 79.9. The van der Waals surface area contributed by atoms with E-state index in [1.54, 1.807) is 0 Å². The van der Waals surface area contributed by atoms with Crippen molar-refractivity contribution in [2.24, 2.45) is 0 Å². The Labute approximate surface area is 106 Å². The molecule has 1 aromatic heterocycles. The number of pyridine rings is 1. The lowest BCUT2D eigenvalue weighted by atomic mass is 10.2. The lowest BCUT2D eigenvalue weighted by Gasteiger charge is -2.26. The van der Waals surface area contributed by atoms with E-state index in [0.717, 1.165) is 23.6 Å². The standard InChI is InChI=1S/C13H19BrN2/c1-2-16(13-5-3-4-6-13)10-12-8-7-11(14)9-15-12/h7-9,13H,2-6,10H2,1H3. The van der Waals surface area contributed by atoms with Crippen molar-refractivity contribution in [1.82, 2.24) is 9.88 Å². The van der Waals surface area contributed by atoms with Gasteiger partial charge in [-0.05, 0) is 47.4 Å². The number of hydrogen-bond donors (Lipinski definition) is 0. The highest BCUT2D eigenvalue weighted by molar-refractivity contribution is 9.10. The Morgan fingerprint density at radius 1 is 1.38 bits per heavy atom. The molecular formula is C13H19BrN2. The maximum Gasteiger partial charge on any atom is 0.0544 e. The Kier molecular flexibility index (Phi) is 4.36. The molecule has 0 aromatic carbocycles. The quantitative estimate of drug-likeness (QED) is 0.839. The zero-order valence-corrected chi connectivity index (χ0v) is 11.4. The van der Waals surface area contributed by atoms with Crippen LogP contribution in [0.2, 0.25) is 0 Å². The monoisotopic (exact) mass is 282 g/mol. The molecule has 0 unspecified atom stereocenters. The van der Waals surface area contributed by atoms with Gasteiger partial charge in [0.1, 0.15) is 0 Å². The molecule has 0 amide bonds. The molecule has 0 aliphatic heterocycles. The molecule has 1 aliphatic rings. The van der Waals surface area contributed by atoms with Gasteiger partial charge < -0.3 is 0 Å². The molecule has 2 rings (SSSR count). The van der Waals surface area contributed by atoms with Crippen molar-refractivity contribution in [2.75, 3.05) is 6.54 Å². The molecule has 3 heteroatoms. The van der Waals surface area contributed by atoms with Gasteiger partial charge in [-0.1, -0.05) is 19.8 Å². The molecule has 0 bridgehead atoms. The summed E-state index contributed by atoms with van der Waals surface area (Å²) in [5, 5.41) is 0. The fraction of sp³-hybridized carbons (Fsp3) is 0.615. The molecule has 1 fully saturated rings. The summed E-state index contributed by atoms with van der Waals surface area (Å²) in [6, 6.07) is 4.97. The second kappa shape index (κ2) is 5.78. The van der Waals surface area contributed by atoms with E-state index in [-0.39, 0.29) is 0 Å². The van der Waals surface area contributed by atoms with Gasteiger partial charge in [0, 0.05) is 23.3 Å². The molecule has 0 N–H and O–H groups in total. The Bertz CT molecular complexity index is 317. The Hall–Kier alpha value is -0.410. The van der Waals surface area contributed by atoms with Crippen LogP contribution in [0.5, 0.6) is 0 Å². The SMILES string of the molecule is CCN(Cc1ccc(Br)cn1)C1CCCC1. The molecule has 1 aliphatic carbocycles. The summed E-state index contributed by atoms with van der Waals surface area (Å²) in [5.74, 6) is 0. The Balaban J connectivity index is 1.97. The summed E-state index contributed by atoms with van der Waals surface area (Å²) in [6.07, 6.45) is 7.41. The number of hydrogen-bond acceptors (Lipinski definition) is 2. The average molecular weight is 283 g/mol. The van der Waals surface area contributed by atoms with Gasteiger partial charge in [0.05, 0.1) is 5.69 Å². The molecule has 0 radical (unpaired) electrons. The van der Waals surface area contributed by atoms with Crippen LogP contribution in [0.1, 0.15) is 38.3 Å². The molecule has 0 saturated heterocycles. The molecule has 0 atom stereocenters. The fourth-order valence-electron chi connectivity index (χ4n) is 2.48. The van der Waals surface area contributed by atoms with Gasteiger partial charge in [0.15, 0.2) is 0 Å². The van der Waals surface area contributed by atoms with Gasteiger partial charge in [0.25, 0.3) is 0 Å². The second-order valence-electron chi connectivity index (χ2n) is 4.47. The summed E-state index contributed by atoms with van der Waals surface area (Å²) < 4.78 is 1.06. The normalized spacial score (nSPS) is 17.2. The van der Waals surface area contributed by atoms with Gasteiger partial charge in [-0.3, -0.25) is 9.88 Å². The number of rotatable bonds is 4. The predicted octanol–water partition coefficient (Wildman–Crippen LogP) is 3.61. The van der Waals surface area contributed by atoms with E-state index in [4.69, 9.17) is 0 Å². The summed E-state index contributed by atoms with van der Waals surface area (Å²) >= 11 is 3.42. The van der Waals surface area contributed by atoms with E-state index < -0.39 is 0 Å². The van der Waals surface area contributed by atoms with Crippen LogP contribution in [0.4, 0.5) is 0 Å². The zero-order valence-electron chi connectivity index (χ0n) is 9.82. The molecular weight excluding hydrogens is 264 g/mol. The van der Waals surface area contributed by atoms with E-state index >= 15 is 0 Å². The van der Waals surface area contributed by atoms with Crippen molar-refractivity contribution < 1.29 is 0 Å². The van der Waals surface area contributed by atoms with E-state index in [0.29, 0.717) is 0 Å². The highest BCUT2D eigenvalue weighted by Gasteiger charge is 2.21. The van der Waals surface area contributed by atoms with Gasteiger partial charge in [-0.15, -0.1) is 0 Å². The van der Waals surface area contributed by atoms with Crippen LogP contribution in [0.25, 0.3) is 0 Å². The van der Waals surface area contributed by atoms with Gasteiger partial charge >= 0.3 is 0 Å². The third kappa shape index (κ3) is 3.05. The van der Waals surface area contributed by atoms with Crippen molar-refractivity contribution in [3.05, 3.63) is 28.5 Å². The second-order valence-corrected chi connectivity index (χ2v) is 5.38. The number of halogens is 1. The third-order valence-electron chi connectivity index (χ3n) is 3.40. The van der Waals surface area contributed by atoms with Gasteiger partial charge in [-0.25, -0.2) is 0 Å². The van der Waals surface area contributed by atoms with E-state index in [9.17, 15) is 0 Å². The predicted molar refractivity (Wildman–Crippen MR) is 70.3 cm³/mol. The minimum Gasteiger partial charge on any atom is -0.295 e. The van der Waals surface area contributed by atoms with Crippen LogP contribution >= 0.6 is 15.9 Å². The molecule has 88 valence electrons. The Morgan fingerprint density at radius 2 is 2.12 bits per heavy atom. The molecule has 1 heterocycles. The Morgan fingerprint density at radius 3 is 2.69 bits per heavy atom. The molecule has 2 nitrogen and oxygen atoms in total. The van der Waals surface area contributed by atoms with Crippen LogP contribution < -0.4 is 0 Å². The lowest BCUT2D eigenvalue weighted by molar-refractivity contribution is 0.198. The third-order valence-corrected chi connectivity index (χ3v) is 3.87. The van der Waals surface area contributed by atoms with Crippen LogP contribution in [-0.4, -0.2) is 22.5 Å². The lowest BCUT2D eigenvalue weighted by Crippen LogP contribution is -2.32. The van der Waals surface area contributed by atoms with Crippen LogP contribution in [0, 0.1) is 0 Å². The number of aromatic nitrogens is 1. The van der Waals surface area contributed by atoms with Crippen molar-refractivity contribution in [2.45, 2.75) is 45.2 Å². The minimum absolute atomic E-state index is 0.787. The van der Waals surface area contributed by atoms with Crippen molar-refractivity contribution in [1.29, 1.82) is 0 Å². The van der Waals surface area contributed by atoms with Gasteiger partial charge in [-0.2, -0.15) is 0 Å². The highest BCUT2D eigenvalue weighted by Crippen LogP contribution is 2.24. The van der Waals surface area contributed by atoms with Crippen LogP contribution in [0.3, 0.4) is 0 Å². The first kappa shape index (κ1) is 12.1. The molecule has 16 heavy (non-hydrogen) atoms. The molecule has 1 saturated carbocycles. The topological polar surface area (TPSA) is 16.1 Å². The van der Waals surface area contributed by atoms with Crippen molar-refractivity contribution in [3.8, 4) is 0 Å². The minimum atomic E-state index is 0.787. The summed E-state index contributed by atoms with van der Waals surface area (Å²) in [7, 11) is 0. The first-order valence-electron chi connectivity index (χ1n) is 6.14. The summed E-state index contributed by atoms with van der Waals surface area (Å²) in [6.45, 7) is 4.37. The fourth-order valence-corrected chi connectivity index (χ4v) is 2.71. The van der Waals surface area contributed by atoms with E-state index in [2.05, 4.69) is 44.9 Å². The van der Waals surface area contributed by atoms with Crippen LogP contribution in [0.15, 0.2) is 22.8 Å². The van der Waals surface area contributed by atoms with Crippen molar-refractivity contribution >= 4 is 15.9 Å².